The second-order valence-corrected chi connectivity index (χ2v) is 8.25. The molecule has 0 aromatic heterocycles. The number of piperazine rings is 1. The molecule has 0 spiro atoms. The summed E-state index contributed by atoms with van der Waals surface area (Å²) in [7, 11) is 3.65. The van der Waals surface area contributed by atoms with Gasteiger partial charge in [0.1, 0.15) is 0 Å². The van der Waals surface area contributed by atoms with Crippen LogP contribution in [0.3, 0.4) is 0 Å². The van der Waals surface area contributed by atoms with E-state index >= 15 is 0 Å². The van der Waals surface area contributed by atoms with Crippen molar-refractivity contribution in [3.63, 3.8) is 0 Å². The number of carbonyl (C=O) groups is 1. The Hall–Kier alpha value is -1.95. The van der Waals surface area contributed by atoms with Crippen LogP contribution in [-0.4, -0.2) is 68.5 Å². The molecule has 2 N–H and O–H groups in total. The Balaban J connectivity index is 1.59. The maximum absolute atomic E-state index is 12.7. The lowest BCUT2D eigenvalue weighted by Crippen LogP contribution is -2.51. The Morgan fingerprint density at radius 1 is 1.15 bits per heavy atom. The van der Waals surface area contributed by atoms with Gasteiger partial charge in [0.05, 0.1) is 12.0 Å². The molecule has 1 amide bonds. The van der Waals surface area contributed by atoms with Crippen molar-refractivity contribution in [2.24, 2.45) is 16.1 Å². The van der Waals surface area contributed by atoms with E-state index in [-0.39, 0.29) is 11.3 Å². The first-order chi connectivity index (χ1) is 12.9. The molecular weight excluding hydrogens is 362 g/mol. The molecule has 1 aliphatic heterocycles. The lowest BCUT2D eigenvalue weighted by atomic mass is 9.85. The van der Waals surface area contributed by atoms with Crippen molar-refractivity contribution < 1.29 is 4.79 Å². The summed E-state index contributed by atoms with van der Waals surface area (Å²) in [6.45, 7) is 3.92. The van der Waals surface area contributed by atoms with Crippen LogP contribution >= 0.6 is 11.6 Å². The monoisotopic (exact) mass is 391 g/mol. The number of halogens is 1. The smallest absolute Gasteiger partial charge is 0.230 e. The number of benzene rings is 1. The third kappa shape index (κ3) is 4.49. The fraction of sp³-hybridized carbons (Fsp3) is 0.600. The van der Waals surface area contributed by atoms with E-state index in [9.17, 15) is 4.79 Å². The highest BCUT2D eigenvalue weighted by Gasteiger charge is 2.42. The van der Waals surface area contributed by atoms with Crippen molar-refractivity contribution in [2.75, 3.05) is 51.7 Å². The number of amides is 1. The summed E-state index contributed by atoms with van der Waals surface area (Å²) in [6, 6.07) is 7.93. The van der Waals surface area contributed by atoms with Crippen LogP contribution in [0.5, 0.6) is 0 Å². The van der Waals surface area contributed by atoms with Crippen molar-refractivity contribution in [3.05, 3.63) is 29.3 Å². The Morgan fingerprint density at radius 3 is 2.30 bits per heavy atom. The fourth-order valence-electron chi connectivity index (χ4n) is 4.14. The number of hydrogen-bond donors (Lipinski definition) is 1. The topological polar surface area (TPSA) is 65.2 Å². The molecule has 1 saturated carbocycles. The number of hydrogen-bond acceptors (Lipinski definition) is 3. The van der Waals surface area contributed by atoms with E-state index < -0.39 is 0 Å². The van der Waals surface area contributed by atoms with Crippen molar-refractivity contribution in [2.45, 2.75) is 25.7 Å². The van der Waals surface area contributed by atoms with E-state index in [0.717, 1.165) is 56.9 Å². The van der Waals surface area contributed by atoms with Crippen LogP contribution in [0.15, 0.2) is 29.3 Å². The number of anilines is 1. The van der Waals surface area contributed by atoms with E-state index in [1.165, 1.54) is 5.69 Å². The number of aliphatic imine (C=N–C) groups is 1. The molecule has 1 saturated heterocycles. The summed E-state index contributed by atoms with van der Waals surface area (Å²) in [4.78, 5) is 23.5. The normalized spacial score (nSPS) is 20.0. The van der Waals surface area contributed by atoms with Crippen LogP contribution in [0.2, 0.25) is 5.02 Å². The second kappa shape index (κ2) is 8.38. The predicted molar refractivity (Wildman–Crippen MR) is 111 cm³/mol. The molecular formula is C20H30ClN5O. The molecule has 2 aliphatic rings. The van der Waals surface area contributed by atoms with Gasteiger partial charge in [-0.05, 0) is 37.1 Å². The summed E-state index contributed by atoms with van der Waals surface area (Å²) >= 11 is 5.97. The SMILES string of the molecule is CN(C)C(=O)C1(CN=C(N)N2CCN(c3ccc(Cl)cc3)CC2)CCCC1. The molecule has 1 aliphatic carbocycles. The van der Waals surface area contributed by atoms with Crippen LogP contribution in [-0.2, 0) is 4.79 Å². The van der Waals surface area contributed by atoms with Gasteiger partial charge in [0, 0.05) is 51.0 Å². The fourth-order valence-corrected chi connectivity index (χ4v) is 4.27. The molecule has 27 heavy (non-hydrogen) atoms. The average molecular weight is 392 g/mol. The first-order valence-corrected chi connectivity index (χ1v) is 10.1. The number of guanidine groups is 1. The maximum atomic E-state index is 12.7. The number of rotatable bonds is 4. The first kappa shape index (κ1) is 19.8. The molecule has 7 heteroatoms. The summed E-state index contributed by atoms with van der Waals surface area (Å²) in [5, 5.41) is 0.752. The molecule has 2 fully saturated rings. The highest BCUT2D eigenvalue weighted by molar-refractivity contribution is 6.30. The quantitative estimate of drug-likeness (QED) is 0.632. The van der Waals surface area contributed by atoms with Crippen molar-refractivity contribution in [1.82, 2.24) is 9.80 Å². The zero-order chi connectivity index (χ0) is 19.4. The zero-order valence-electron chi connectivity index (χ0n) is 16.3. The number of nitrogens with zero attached hydrogens (tertiary/aromatic N) is 4. The molecule has 6 nitrogen and oxygen atoms in total. The highest BCUT2D eigenvalue weighted by atomic mass is 35.5. The third-order valence-corrected chi connectivity index (χ3v) is 6.01. The highest BCUT2D eigenvalue weighted by Crippen LogP contribution is 2.39. The Morgan fingerprint density at radius 2 is 1.74 bits per heavy atom. The first-order valence-electron chi connectivity index (χ1n) is 9.68. The largest absolute Gasteiger partial charge is 0.370 e. The van der Waals surface area contributed by atoms with Crippen molar-refractivity contribution in [3.8, 4) is 0 Å². The van der Waals surface area contributed by atoms with Crippen LogP contribution in [0.1, 0.15) is 25.7 Å². The van der Waals surface area contributed by atoms with Gasteiger partial charge >= 0.3 is 0 Å². The number of carbonyl (C=O) groups excluding carboxylic acids is 1. The van der Waals surface area contributed by atoms with Crippen molar-refractivity contribution >= 4 is 29.2 Å². The number of nitrogens with two attached hydrogens (primary N) is 1. The van der Waals surface area contributed by atoms with Gasteiger partial charge in [-0.1, -0.05) is 24.4 Å². The molecule has 3 rings (SSSR count). The van der Waals surface area contributed by atoms with Gasteiger partial charge < -0.3 is 20.4 Å². The van der Waals surface area contributed by atoms with E-state index in [4.69, 9.17) is 17.3 Å². The minimum absolute atomic E-state index is 0.184. The van der Waals surface area contributed by atoms with E-state index in [0.29, 0.717) is 12.5 Å². The van der Waals surface area contributed by atoms with Crippen LogP contribution < -0.4 is 10.6 Å². The van der Waals surface area contributed by atoms with Gasteiger partial charge in [-0.3, -0.25) is 9.79 Å². The molecule has 1 heterocycles. The minimum atomic E-state index is -0.362. The van der Waals surface area contributed by atoms with Gasteiger partial charge in [-0.2, -0.15) is 0 Å². The van der Waals surface area contributed by atoms with Gasteiger partial charge in [-0.25, -0.2) is 0 Å². The Bertz CT molecular complexity index is 674. The van der Waals surface area contributed by atoms with Crippen LogP contribution in [0.4, 0.5) is 5.69 Å². The van der Waals surface area contributed by atoms with Gasteiger partial charge in [0.2, 0.25) is 5.91 Å². The molecule has 0 radical (unpaired) electrons. The maximum Gasteiger partial charge on any atom is 0.230 e. The summed E-state index contributed by atoms with van der Waals surface area (Å²) in [5.74, 6) is 0.743. The summed E-state index contributed by atoms with van der Waals surface area (Å²) in [6.07, 6.45) is 4.00. The Labute approximate surface area is 167 Å². The van der Waals surface area contributed by atoms with Gasteiger partial charge in [0.15, 0.2) is 5.96 Å². The molecule has 1 aromatic rings. The molecule has 1 aromatic carbocycles. The van der Waals surface area contributed by atoms with Crippen LogP contribution in [0.25, 0.3) is 0 Å². The van der Waals surface area contributed by atoms with E-state index in [1.54, 1.807) is 4.90 Å². The standard InChI is InChI=1S/C20H30ClN5O/c1-24(2)18(27)20(9-3-4-10-20)15-23-19(22)26-13-11-25(12-14-26)17-7-5-16(21)6-8-17/h5-8H,3-4,9-15H2,1-2H3,(H2,22,23). The lowest BCUT2D eigenvalue weighted by Gasteiger charge is -2.37. The van der Waals surface area contributed by atoms with Crippen molar-refractivity contribution in [1.29, 1.82) is 0 Å². The second-order valence-electron chi connectivity index (χ2n) is 7.81. The molecule has 0 bridgehead atoms. The predicted octanol–water partition coefficient (Wildman–Crippen LogP) is 2.43. The third-order valence-electron chi connectivity index (χ3n) is 5.76. The van der Waals surface area contributed by atoms with E-state index in [1.807, 2.05) is 38.4 Å². The van der Waals surface area contributed by atoms with E-state index in [2.05, 4.69) is 14.8 Å². The minimum Gasteiger partial charge on any atom is -0.370 e. The molecule has 0 atom stereocenters. The van der Waals surface area contributed by atoms with Gasteiger partial charge in [-0.15, -0.1) is 0 Å². The summed E-state index contributed by atoms with van der Waals surface area (Å²) < 4.78 is 0. The van der Waals surface area contributed by atoms with Gasteiger partial charge in [0.25, 0.3) is 0 Å². The average Bonchev–Trinajstić information content (AvgIpc) is 3.16. The lowest BCUT2D eigenvalue weighted by molar-refractivity contribution is -0.138. The Kier molecular flexibility index (Phi) is 6.15. The molecule has 0 unspecified atom stereocenters. The van der Waals surface area contributed by atoms with Crippen LogP contribution in [0, 0.1) is 5.41 Å². The summed E-state index contributed by atoms with van der Waals surface area (Å²) in [5.41, 5.74) is 7.10. The zero-order valence-corrected chi connectivity index (χ0v) is 17.1. The molecule has 148 valence electrons.